The minimum atomic E-state index is 0.239. The van der Waals surface area contributed by atoms with Crippen LogP contribution in [0, 0.1) is 4.77 Å². The number of imidazole rings is 1. The molecule has 4 heteroatoms. The lowest BCUT2D eigenvalue weighted by Gasteiger charge is -2.04. The molecular weight excluding hydrogens is 160 g/mol. The smallest absolute Gasteiger partial charge is 0.174 e. The summed E-state index contributed by atoms with van der Waals surface area (Å²) in [6.45, 7) is 0.871. The third kappa shape index (κ3) is 1.36. The van der Waals surface area contributed by atoms with E-state index in [4.69, 9.17) is 17.0 Å². The van der Waals surface area contributed by atoms with Gasteiger partial charge in [0.1, 0.15) is 0 Å². The van der Waals surface area contributed by atoms with Gasteiger partial charge in [-0.05, 0) is 25.1 Å². The molecule has 0 radical (unpaired) electrons. The van der Waals surface area contributed by atoms with E-state index in [-0.39, 0.29) is 6.10 Å². The van der Waals surface area contributed by atoms with Crippen LogP contribution in [0.1, 0.15) is 24.6 Å². The van der Waals surface area contributed by atoms with Crippen molar-refractivity contribution >= 4 is 12.2 Å². The number of aromatic amines is 2. The highest BCUT2D eigenvalue weighted by Crippen LogP contribution is 2.26. The molecular formula is C7H10N2OS. The second-order valence-electron chi connectivity index (χ2n) is 2.70. The van der Waals surface area contributed by atoms with Gasteiger partial charge in [-0.25, -0.2) is 0 Å². The van der Waals surface area contributed by atoms with Gasteiger partial charge in [0.05, 0.1) is 11.8 Å². The molecule has 1 aliphatic rings. The van der Waals surface area contributed by atoms with Crippen LogP contribution in [0.3, 0.4) is 0 Å². The molecule has 1 atom stereocenters. The van der Waals surface area contributed by atoms with Crippen molar-refractivity contribution in [2.75, 3.05) is 6.61 Å². The van der Waals surface area contributed by atoms with Crippen molar-refractivity contribution in [1.29, 1.82) is 0 Å². The highest BCUT2D eigenvalue weighted by Gasteiger charge is 2.18. The predicted octanol–water partition coefficient (Wildman–Crippen LogP) is 1.92. The number of rotatable bonds is 1. The first-order valence-corrected chi connectivity index (χ1v) is 4.16. The fraction of sp³-hybridized carbons (Fsp3) is 0.571. The predicted molar refractivity (Wildman–Crippen MR) is 43.9 cm³/mol. The summed E-state index contributed by atoms with van der Waals surface area (Å²) >= 11 is 4.90. The maximum absolute atomic E-state index is 5.45. The van der Waals surface area contributed by atoms with E-state index in [9.17, 15) is 0 Å². The van der Waals surface area contributed by atoms with Gasteiger partial charge in [0.15, 0.2) is 4.77 Å². The lowest BCUT2D eigenvalue weighted by molar-refractivity contribution is 0.109. The van der Waals surface area contributed by atoms with Crippen LogP contribution in [-0.4, -0.2) is 16.6 Å². The van der Waals surface area contributed by atoms with E-state index < -0.39 is 0 Å². The van der Waals surface area contributed by atoms with E-state index in [1.807, 2.05) is 6.20 Å². The summed E-state index contributed by atoms with van der Waals surface area (Å²) in [5, 5.41) is 0. The van der Waals surface area contributed by atoms with Crippen molar-refractivity contribution in [3.8, 4) is 0 Å². The van der Waals surface area contributed by atoms with Crippen molar-refractivity contribution in [3.63, 3.8) is 0 Å². The summed E-state index contributed by atoms with van der Waals surface area (Å²) in [5.41, 5.74) is 1.08. The molecule has 1 aliphatic heterocycles. The van der Waals surface area contributed by atoms with Gasteiger partial charge in [0.2, 0.25) is 0 Å². The van der Waals surface area contributed by atoms with Gasteiger partial charge in [-0.1, -0.05) is 0 Å². The molecule has 1 fully saturated rings. The third-order valence-corrected chi connectivity index (χ3v) is 2.11. The molecule has 0 saturated carbocycles. The molecule has 11 heavy (non-hydrogen) atoms. The molecule has 1 saturated heterocycles. The van der Waals surface area contributed by atoms with Crippen LogP contribution in [0.15, 0.2) is 6.20 Å². The Kier molecular flexibility index (Phi) is 1.79. The van der Waals surface area contributed by atoms with Gasteiger partial charge in [0.25, 0.3) is 0 Å². The van der Waals surface area contributed by atoms with Gasteiger partial charge >= 0.3 is 0 Å². The van der Waals surface area contributed by atoms with E-state index in [0.717, 1.165) is 25.1 Å². The lowest BCUT2D eigenvalue weighted by Crippen LogP contribution is -1.94. The average molecular weight is 170 g/mol. The van der Waals surface area contributed by atoms with Crippen molar-refractivity contribution in [1.82, 2.24) is 9.97 Å². The summed E-state index contributed by atoms with van der Waals surface area (Å²) in [6, 6.07) is 0. The summed E-state index contributed by atoms with van der Waals surface area (Å²) in [4.78, 5) is 5.98. The molecule has 60 valence electrons. The van der Waals surface area contributed by atoms with E-state index in [2.05, 4.69) is 9.97 Å². The Morgan fingerprint density at radius 1 is 1.64 bits per heavy atom. The minimum absolute atomic E-state index is 0.239. The zero-order chi connectivity index (χ0) is 7.68. The lowest BCUT2D eigenvalue weighted by atomic mass is 10.2. The Hall–Kier alpha value is -0.610. The van der Waals surface area contributed by atoms with Crippen molar-refractivity contribution in [3.05, 3.63) is 16.7 Å². The molecule has 1 unspecified atom stereocenters. The number of aromatic nitrogens is 2. The molecule has 0 amide bonds. The van der Waals surface area contributed by atoms with E-state index in [0.29, 0.717) is 4.77 Å². The Morgan fingerprint density at radius 3 is 3.09 bits per heavy atom. The van der Waals surface area contributed by atoms with Gasteiger partial charge < -0.3 is 14.7 Å². The number of nitrogens with one attached hydrogen (secondary N) is 2. The van der Waals surface area contributed by atoms with Crippen LogP contribution >= 0.6 is 12.2 Å². The molecule has 1 aromatic rings. The first-order chi connectivity index (χ1) is 5.36. The Labute approximate surface area is 69.8 Å². The van der Waals surface area contributed by atoms with E-state index in [1.54, 1.807) is 0 Å². The number of H-pyrrole nitrogens is 2. The molecule has 0 spiro atoms. The molecule has 0 bridgehead atoms. The van der Waals surface area contributed by atoms with Gasteiger partial charge in [0, 0.05) is 12.8 Å². The van der Waals surface area contributed by atoms with Gasteiger partial charge in [-0.15, -0.1) is 0 Å². The first kappa shape index (κ1) is 7.06. The third-order valence-electron chi connectivity index (χ3n) is 1.89. The maximum atomic E-state index is 5.45. The van der Waals surface area contributed by atoms with E-state index >= 15 is 0 Å². The van der Waals surface area contributed by atoms with Crippen molar-refractivity contribution in [2.45, 2.75) is 18.9 Å². The van der Waals surface area contributed by atoms with Crippen LogP contribution in [0.25, 0.3) is 0 Å². The Bertz CT molecular complexity index is 285. The first-order valence-electron chi connectivity index (χ1n) is 3.75. The Morgan fingerprint density at radius 2 is 2.55 bits per heavy atom. The fourth-order valence-electron chi connectivity index (χ4n) is 1.34. The molecule has 0 aliphatic carbocycles. The number of hydrogen-bond acceptors (Lipinski definition) is 2. The second-order valence-corrected chi connectivity index (χ2v) is 3.11. The van der Waals surface area contributed by atoms with Crippen LogP contribution in [-0.2, 0) is 4.74 Å². The quantitative estimate of drug-likeness (QED) is 0.632. The number of hydrogen-bond donors (Lipinski definition) is 2. The van der Waals surface area contributed by atoms with Crippen LogP contribution in [0.4, 0.5) is 0 Å². The zero-order valence-corrected chi connectivity index (χ0v) is 6.91. The molecule has 2 N–H and O–H groups in total. The SMILES string of the molecule is S=c1[nH]cc(C2CCCO2)[nH]1. The Balaban J connectivity index is 2.21. The van der Waals surface area contributed by atoms with Gasteiger partial charge in [-0.2, -0.15) is 0 Å². The van der Waals surface area contributed by atoms with Crippen LogP contribution in [0.2, 0.25) is 0 Å². The normalized spacial score (nSPS) is 24.2. The van der Waals surface area contributed by atoms with Crippen molar-refractivity contribution in [2.24, 2.45) is 0 Å². The maximum Gasteiger partial charge on any atom is 0.174 e. The van der Waals surface area contributed by atoms with Crippen LogP contribution in [0.5, 0.6) is 0 Å². The van der Waals surface area contributed by atoms with E-state index in [1.165, 1.54) is 0 Å². The summed E-state index contributed by atoms with van der Waals surface area (Å²) < 4.78 is 6.13. The number of ether oxygens (including phenoxy) is 1. The van der Waals surface area contributed by atoms with Gasteiger partial charge in [-0.3, -0.25) is 0 Å². The molecule has 1 aromatic heterocycles. The average Bonchev–Trinajstić information content (AvgIpc) is 2.55. The summed E-state index contributed by atoms with van der Waals surface area (Å²) in [5.74, 6) is 0. The highest BCUT2D eigenvalue weighted by atomic mass is 32.1. The molecule has 2 heterocycles. The largest absolute Gasteiger partial charge is 0.372 e. The van der Waals surface area contributed by atoms with Crippen LogP contribution < -0.4 is 0 Å². The monoisotopic (exact) mass is 170 g/mol. The molecule has 0 aromatic carbocycles. The summed E-state index contributed by atoms with van der Waals surface area (Å²) in [6.07, 6.45) is 4.38. The van der Waals surface area contributed by atoms with Crippen molar-refractivity contribution < 1.29 is 4.74 Å². The standard InChI is InChI=1S/C7H10N2OS/c11-7-8-4-5(9-7)6-2-1-3-10-6/h4,6H,1-3H2,(H2,8,9,11). The molecule has 2 rings (SSSR count). The minimum Gasteiger partial charge on any atom is -0.372 e. The molecule has 3 nitrogen and oxygen atoms in total. The summed E-state index contributed by atoms with van der Waals surface area (Å²) in [7, 11) is 0. The zero-order valence-electron chi connectivity index (χ0n) is 6.09. The fourth-order valence-corrected chi connectivity index (χ4v) is 1.52. The second kappa shape index (κ2) is 2.79. The highest BCUT2D eigenvalue weighted by molar-refractivity contribution is 7.71. The topological polar surface area (TPSA) is 40.8 Å².